The van der Waals surface area contributed by atoms with Gasteiger partial charge in [-0.05, 0) is 54.0 Å². The van der Waals surface area contributed by atoms with Gasteiger partial charge in [0.2, 0.25) is 0 Å². The van der Waals surface area contributed by atoms with Gasteiger partial charge in [-0.2, -0.15) is 0 Å². The van der Waals surface area contributed by atoms with Crippen molar-refractivity contribution in [3.05, 3.63) is 69.6 Å². The number of aromatic nitrogens is 1. The first-order valence-electron chi connectivity index (χ1n) is 7.40. The van der Waals surface area contributed by atoms with E-state index < -0.39 is 7.12 Å². The Morgan fingerprint density at radius 3 is 1.67 bits per heavy atom. The van der Waals surface area contributed by atoms with E-state index in [2.05, 4.69) is 60.7 Å². The van der Waals surface area contributed by atoms with E-state index in [1.54, 1.807) is 12.1 Å². The molecule has 4 aromatic rings. The molecule has 6 heteroatoms. The zero-order chi connectivity index (χ0) is 16.8. The molecule has 24 heavy (non-hydrogen) atoms. The van der Waals surface area contributed by atoms with Crippen LogP contribution in [0, 0.1) is 0 Å². The molecule has 118 valence electrons. The van der Waals surface area contributed by atoms with E-state index in [0.29, 0.717) is 5.46 Å². The van der Waals surface area contributed by atoms with Crippen LogP contribution in [0.5, 0.6) is 0 Å². The van der Waals surface area contributed by atoms with Crippen LogP contribution in [0.4, 0.5) is 0 Å². The smallest absolute Gasteiger partial charge is 0.423 e. The highest BCUT2D eigenvalue weighted by Crippen LogP contribution is 2.34. The third-order valence-electron chi connectivity index (χ3n) is 4.14. The molecule has 2 N–H and O–H groups in total. The van der Waals surface area contributed by atoms with Crippen LogP contribution in [-0.4, -0.2) is 21.7 Å². The van der Waals surface area contributed by atoms with Gasteiger partial charge in [0.05, 0.1) is 11.0 Å². The van der Waals surface area contributed by atoms with Crippen LogP contribution >= 0.6 is 31.9 Å². The Bertz CT molecular complexity index is 999. The fraction of sp³-hybridized carbons (Fsp3) is 0. The van der Waals surface area contributed by atoms with Gasteiger partial charge in [-0.3, -0.25) is 0 Å². The van der Waals surface area contributed by atoms with Crippen molar-refractivity contribution in [2.24, 2.45) is 0 Å². The molecule has 0 unspecified atom stereocenters. The molecule has 0 bridgehead atoms. The standard InChI is InChI=1S/C18H12BBr2NO2/c20-12-3-7-17-15(9-12)16-10-13(21)4-8-18(16)22(17)14-5-1-11(2-6-14)19(23)24/h1-10,23-24H. The summed E-state index contributed by atoms with van der Waals surface area (Å²) in [4.78, 5) is 0. The maximum Gasteiger partial charge on any atom is 0.488 e. The molecule has 0 atom stereocenters. The zero-order valence-electron chi connectivity index (χ0n) is 12.4. The van der Waals surface area contributed by atoms with Gasteiger partial charge in [-0.25, -0.2) is 0 Å². The second kappa shape index (κ2) is 6.04. The van der Waals surface area contributed by atoms with Gasteiger partial charge in [0, 0.05) is 25.4 Å². The largest absolute Gasteiger partial charge is 0.488 e. The van der Waals surface area contributed by atoms with Crippen molar-refractivity contribution in [2.75, 3.05) is 0 Å². The van der Waals surface area contributed by atoms with E-state index in [4.69, 9.17) is 0 Å². The lowest BCUT2D eigenvalue weighted by atomic mass is 9.80. The molecule has 1 aromatic heterocycles. The van der Waals surface area contributed by atoms with Crippen molar-refractivity contribution >= 4 is 66.2 Å². The first-order chi connectivity index (χ1) is 11.5. The Morgan fingerprint density at radius 1 is 0.708 bits per heavy atom. The summed E-state index contributed by atoms with van der Waals surface area (Å²) in [5.74, 6) is 0. The molecular weight excluding hydrogens is 433 g/mol. The van der Waals surface area contributed by atoms with Gasteiger partial charge in [0.15, 0.2) is 0 Å². The molecule has 4 rings (SSSR count). The predicted molar refractivity (Wildman–Crippen MR) is 106 cm³/mol. The second-order valence-electron chi connectivity index (χ2n) is 5.62. The molecule has 0 aliphatic heterocycles. The minimum absolute atomic E-state index is 0.477. The quantitative estimate of drug-likeness (QED) is 0.459. The number of rotatable bonds is 2. The average Bonchev–Trinajstić information content (AvgIpc) is 2.88. The van der Waals surface area contributed by atoms with Crippen molar-refractivity contribution in [1.29, 1.82) is 0 Å². The fourth-order valence-electron chi connectivity index (χ4n) is 3.04. The van der Waals surface area contributed by atoms with Crippen LogP contribution in [0.1, 0.15) is 0 Å². The highest BCUT2D eigenvalue weighted by atomic mass is 79.9. The molecule has 0 aliphatic carbocycles. The van der Waals surface area contributed by atoms with Crippen LogP contribution in [0.25, 0.3) is 27.5 Å². The molecule has 0 saturated carbocycles. The second-order valence-corrected chi connectivity index (χ2v) is 7.45. The summed E-state index contributed by atoms with van der Waals surface area (Å²) in [5.41, 5.74) is 3.65. The minimum Gasteiger partial charge on any atom is -0.423 e. The summed E-state index contributed by atoms with van der Waals surface area (Å²) in [6.45, 7) is 0. The van der Waals surface area contributed by atoms with Crippen molar-refractivity contribution in [2.45, 2.75) is 0 Å². The van der Waals surface area contributed by atoms with E-state index in [1.807, 2.05) is 24.3 Å². The monoisotopic (exact) mass is 443 g/mol. The van der Waals surface area contributed by atoms with Gasteiger partial charge in [-0.1, -0.05) is 44.0 Å². The van der Waals surface area contributed by atoms with Gasteiger partial charge in [-0.15, -0.1) is 0 Å². The third kappa shape index (κ3) is 2.60. The summed E-state index contributed by atoms with van der Waals surface area (Å²) in [6.07, 6.45) is 0. The SMILES string of the molecule is OB(O)c1ccc(-n2c3ccc(Br)cc3c3cc(Br)ccc32)cc1. The highest BCUT2D eigenvalue weighted by molar-refractivity contribution is 9.10. The van der Waals surface area contributed by atoms with Crippen molar-refractivity contribution in [1.82, 2.24) is 4.57 Å². The van der Waals surface area contributed by atoms with Crippen LogP contribution < -0.4 is 5.46 Å². The normalized spacial score (nSPS) is 11.3. The Morgan fingerprint density at radius 2 is 1.21 bits per heavy atom. The maximum absolute atomic E-state index is 9.29. The molecule has 0 fully saturated rings. The number of halogens is 2. The summed E-state index contributed by atoms with van der Waals surface area (Å²) < 4.78 is 4.25. The van der Waals surface area contributed by atoms with Gasteiger partial charge < -0.3 is 14.6 Å². The fourth-order valence-corrected chi connectivity index (χ4v) is 3.76. The van der Waals surface area contributed by atoms with Crippen molar-refractivity contribution in [3.8, 4) is 5.69 Å². The van der Waals surface area contributed by atoms with E-state index in [0.717, 1.165) is 36.4 Å². The molecule has 0 radical (unpaired) electrons. The first-order valence-corrected chi connectivity index (χ1v) is 8.99. The lowest BCUT2D eigenvalue weighted by molar-refractivity contribution is 0.426. The molecule has 0 aliphatic rings. The first kappa shape index (κ1) is 15.9. The molecule has 3 nitrogen and oxygen atoms in total. The maximum atomic E-state index is 9.29. The molecular formula is C18H12BBr2NO2. The van der Waals surface area contributed by atoms with Crippen LogP contribution in [0.15, 0.2) is 69.6 Å². The zero-order valence-corrected chi connectivity index (χ0v) is 15.6. The molecule has 0 spiro atoms. The van der Waals surface area contributed by atoms with E-state index in [-0.39, 0.29) is 0 Å². The van der Waals surface area contributed by atoms with Crippen LogP contribution in [0.3, 0.4) is 0 Å². The number of benzene rings is 3. The summed E-state index contributed by atoms with van der Waals surface area (Å²) in [7, 11) is -1.45. The van der Waals surface area contributed by atoms with E-state index >= 15 is 0 Å². The van der Waals surface area contributed by atoms with Crippen molar-refractivity contribution in [3.63, 3.8) is 0 Å². The van der Waals surface area contributed by atoms with E-state index in [1.165, 1.54) is 0 Å². The number of hydrogen-bond donors (Lipinski definition) is 2. The Kier molecular flexibility index (Phi) is 4.00. The molecule has 0 amide bonds. The van der Waals surface area contributed by atoms with Crippen LogP contribution in [0.2, 0.25) is 0 Å². The van der Waals surface area contributed by atoms with Crippen molar-refractivity contribution < 1.29 is 10.0 Å². The highest BCUT2D eigenvalue weighted by Gasteiger charge is 2.14. The lowest BCUT2D eigenvalue weighted by Gasteiger charge is -2.09. The molecule has 3 aromatic carbocycles. The van der Waals surface area contributed by atoms with E-state index in [9.17, 15) is 10.0 Å². The Hall–Kier alpha value is -1.60. The summed E-state index contributed by atoms with van der Waals surface area (Å²) >= 11 is 7.10. The van der Waals surface area contributed by atoms with Gasteiger partial charge in [0.25, 0.3) is 0 Å². The molecule has 1 heterocycles. The van der Waals surface area contributed by atoms with Gasteiger partial charge in [0.1, 0.15) is 0 Å². The Labute approximate surface area is 155 Å². The number of nitrogens with zero attached hydrogens (tertiary/aromatic N) is 1. The number of fused-ring (bicyclic) bond motifs is 3. The predicted octanol–water partition coefficient (Wildman–Crippen LogP) is 3.99. The average molecular weight is 445 g/mol. The van der Waals surface area contributed by atoms with Crippen LogP contribution in [-0.2, 0) is 0 Å². The Balaban J connectivity index is 2.06. The number of hydrogen-bond acceptors (Lipinski definition) is 2. The summed E-state index contributed by atoms with van der Waals surface area (Å²) in [6, 6.07) is 19.7. The minimum atomic E-state index is -1.45. The third-order valence-corrected chi connectivity index (χ3v) is 5.13. The topological polar surface area (TPSA) is 45.4 Å². The summed E-state index contributed by atoms with van der Waals surface area (Å²) in [5, 5.41) is 20.9. The molecule has 0 saturated heterocycles. The lowest BCUT2D eigenvalue weighted by Crippen LogP contribution is -2.29. The van der Waals surface area contributed by atoms with Gasteiger partial charge >= 0.3 is 7.12 Å².